The highest BCUT2D eigenvalue weighted by molar-refractivity contribution is 5.95. The van der Waals surface area contributed by atoms with Crippen molar-refractivity contribution in [3.63, 3.8) is 0 Å². The van der Waals surface area contributed by atoms with Crippen LogP contribution in [0, 0.1) is 0 Å². The Morgan fingerprint density at radius 2 is 1.45 bits per heavy atom. The first-order valence-electron chi connectivity index (χ1n) is 10.3. The molecule has 15 nitrogen and oxygen atoms in total. The fourth-order valence-corrected chi connectivity index (χ4v) is 2.63. The first-order chi connectivity index (χ1) is 15.5. The SMILES string of the molecule is NCCCCC(N)C(=O)NC(CC(=O)O)C(=O)NC(CCCN=C(N)N)C(=O)NCC(=O)O. The Kier molecular flexibility index (Phi) is 14.5. The highest BCUT2D eigenvalue weighted by atomic mass is 16.4. The summed E-state index contributed by atoms with van der Waals surface area (Å²) in [6.45, 7) is -0.132. The second-order valence-electron chi connectivity index (χ2n) is 7.17. The van der Waals surface area contributed by atoms with Crippen LogP contribution in [0.2, 0.25) is 0 Å². The van der Waals surface area contributed by atoms with Gasteiger partial charge in [0.2, 0.25) is 17.7 Å². The molecule has 33 heavy (non-hydrogen) atoms. The summed E-state index contributed by atoms with van der Waals surface area (Å²) in [5, 5.41) is 24.6. The Morgan fingerprint density at radius 3 is 2.00 bits per heavy atom. The Bertz CT molecular complexity index is 712. The average molecular weight is 475 g/mol. The molecule has 0 saturated heterocycles. The minimum atomic E-state index is -1.51. The van der Waals surface area contributed by atoms with E-state index in [1.165, 1.54) is 0 Å². The van der Waals surface area contributed by atoms with E-state index in [9.17, 15) is 24.0 Å². The molecule has 0 aromatic carbocycles. The normalized spacial score (nSPS) is 13.2. The summed E-state index contributed by atoms with van der Waals surface area (Å²) in [5.41, 5.74) is 21.6. The maximum atomic E-state index is 12.7. The summed E-state index contributed by atoms with van der Waals surface area (Å²) in [4.78, 5) is 62.9. The van der Waals surface area contributed by atoms with Gasteiger partial charge in [0, 0.05) is 6.54 Å². The number of nitrogens with two attached hydrogens (primary N) is 4. The summed E-state index contributed by atoms with van der Waals surface area (Å²) in [5.74, 6) is -5.32. The summed E-state index contributed by atoms with van der Waals surface area (Å²) < 4.78 is 0. The number of nitrogens with one attached hydrogen (secondary N) is 3. The summed E-state index contributed by atoms with van der Waals surface area (Å²) >= 11 is 0. The number of carbonyl (C=O) groups excluding carboxylic acids is 3. The smallest absolute Gasteiger partial charge is 0.322 e. The first-order valence-corrected chi connectivity index (χ1v) is 10.3. The number of nitrogens with zero attached hydrogens (tertiary/aromatic N) is 1. The average Bonchev–Trinajstić information content (AvgIpc) is 2.72. The number of carboxylic acid groups (broad SMARTS) is 2. The molecule has 3 unspecified atom stereocenters. The van der Waals surface area contributed by atoms with E-state index in [1.54, 1.807) is 0 Å². The van der Waals surface area contributed by atoms with Gasteiger partial charge in [-0.2, -0.15) is 0 Å². The lowest BCUT2D eigenvalue weighted by atomic mass is 10.1. The van der Waals surface area contributed by atoms with Crippen LogP contribution in [0.25, 0.3) is 0 Å². The lowest BCUT2D eigenvalue weighted by Gasteiger charge is -2.23. The fourth-order valence-electron chi connectivity index (χ4n) is 2.63. The number of carboxylic acids is 2. The molecule has 188 valence electrons. The van der Waals surface area contributed by atoms with Gasteiger partial charge in [0.25, 0.3) is 0 Å². The number of rotatable bonds is 17. The highest BCUT2D eigenvalue weighted by Gasteiger charge is 2.29. The van der Waals surface area contributed by atoms with Gasteiger partial charge < -0.3 is 49.1 Å². The van der Waals surface area contributed by atoms with Gasteiger partial charge in [0.1, 0.15) is 18.6 Å². The van der Waals surface area contributed by atoms with Crippen molar-refractivity contribution in [2.24, 2.45) is 27.9 Å². The predicted octanol–water partition coefficient (Wildman–Crippen LogP) is -3.86. The molecule has 13 N–H and O–H groups in total. The zero-order valence-electron chi connectivity index (χ0n) is 18.3. The number of unbranched alkanes of at least 4 members (excludes halogenated alkanes) is 1. The van der Waals surface area contributed by atoms with E-state index in [0.717, 1.165) is 0 Å². The molecule has 0 aliphatic carbocycles. The van der Waals surface area contributed by atoms with E-state index < -0.39 is 60.8 Å². The molecule has 3 atom stereocenters. The van der Waals surface area contributed by atoms with Crippen molar-refractivity contribution < 1.29 is 34.2 Å². The molecule has 0 aromatic heterocycles. The van der Waals surface area contributed by atoms with Gasteiger partial charge in [-0.15, -0.1) is 0 Å². The van der Waals surface area contributed by atoms with E-state index in [0.29, 0.717) is 19.4 Å². The molecule has 15 heteroatoms. The van der Waals surface area contributed by atoms with Crippen LogP contribution in [0.4, 0.5) is 0 Å². The topological polar surface area (TPSA) is 278 Å². The summed E-state index contributed by atoms with van der Waals surface area (Å²) in [6, 6.07) is -3.71. The number of carbonyl (C=O) groups is 5. The molecular weight excluding hydrogens is 440 g/mol. The lowest BCUT2D eigenvalue weighted by Crippen LogP contribution is -2.56. The minimum absolute atomic E-state index is 0.0142. The molecular formula is C18H34N8O7. The van der Waals surface area contributed by atoms with E-state index in [-0.39, 0.29) is 31.8 Å². The van der Waals surface area contributed by atoms with Crippen LogP contribution >= 0.6 is 0 Å². The molecule has 0 saturated carbocycles. The van der Waals surface area contributed by atoms with Crippen LogP contribution in [0.1, 0.15) is 38.5 Å². The molecule has 0 fully saturated rings. The number of guanidine groups is 1. The third-order valence-electron chi connectivity index (χ3n) is 4.31. The number of aliphatic carboxylic acids is 2. The van der Waals surface area contributed by atoms with Crippen LogP contribution < -0.4 is 38.9 Å². The van der Waals surface area contributed by atoms with Gasteiger partial charge >= 0.3 is 11.9 Å². The lowest BCUT2D eigenvalue weighted by molar-refractivity contribution is -0.141. The molecule has 0 rings (SSSR count). The number of hydrogen-bond acceptors (Lipinski definition) is 8. The van der Waals surface area contributed by atoms with Gasteiger partial charge in [-0.1, -0.05) is 6.42 Å². The van der Waals surface area contributed by atoms with Gasteiger partial charge in [-0.25, -0.2) is 0 Å². The molecule has 0 aliphatic heterocycles. The minimum Gasteiger partial charge on any atom is -0.481 e. The van der Waals surface area contributed by atoms with E-state index in [2.05, 4.69) is 20.9 Å². The Morgan fingerprint density at radius 1 is 0.818 bits per heavy atom. The molecule has 0 aromatic rings. The summed E-state index contributed by atoms with van der Waals surface area (Å²) in [6.07, 6.45) is 1.00. The van der Waals surface area contributed by atoms with Gasteiger partial charge in [0.15, 0.2) is 5.96 Å². The molecule has 0 radical (unpaired) electrons. The van der Waals surface area contributed by atoms with E-state index >= 15 is 0 Å². The monoisotopic (exact) mass is 474 g/mol. The number of hydrogen-bond donors (Lipinski definition) is 9. The first kappa shape index (κ1) is 29.5. The van der Waals surface area contributed by atoms with Gasteiger partial charge in [0.05, 0.1) is 12.5 Å². The van der Waals surface area contributed by atoms with E-state index in [1.807, 2.05) is 0 Å². The number of aliphatic imine (C=N–C) groups is 1. The van der Waals surface area contributed by atoms with Gasteiger partial charge in [-0.3, -0.25) is 29.0 Å². The quantitative estimate of drug-likeness (QED) is 0.0558. The summed E-state index contributed by atoms with van der Waals surface area (Å²) in [7, 11) is 0. The van der Waals surface area contributed by atoms with Gasteiger partial charge in [-0.05, 0) is 32.2 Å². The second kappa shape index (κ2) is 16.2. The van der Waals surface area contributed by atoms with Crippen LogP contribution in [0.3, 0.4) is 0 Å². The second-order valence-corrected chi connectivity index (χ2v) is 7.17. The van der Waals surface area contributed by atoms with Crippen LogP contribution in [0.15, 0.2) is 4.99 Å². The maximum absolute atomic E-state index is 12.7. The van der Waals surface area contributed by atoms with Crippen molar-refractivity contribution in [3.05, 3.63) is 0 Å². The zero-order valence-corrected chi connectivity index (χ0v) is 18.3. The van der Waals surface area contributed by atoms with Crippen molar-refractivity contribution in [2.45, 2.75) is 56.7 Å². The fraction of sp³-hybridized carbons (Fsp3) is 0.667. The standard InChI is InChI=1S/C18H34N8O7/c19-6-2-1-4-10(20)15(31)26-12(8-13(27)28)17(33)25-11(5-3-7-23-18(21)22)16(32)24-9-14(29)30/h10-12H,1-9,19-20H2,(H,24,32)(H,25,33)(H,26,31)(H,27,28)(H,29,30)(H4,21,22,23). The van der Waals surface area contributed by atoms with Crippen LogP contribution in [-0.2, 0) is 24.0 Å². The van der Waals surface area contributed by atoms with Crippen molar-refractivity contribution >= 4 is 35.6 Å². The van der Waals surface area contributed by atoms with Crippen LogP contribution in [0.5, 0.6) is 0 Å². The molecule has 0 bridgehead atoms. The van der Waals surface area contributed by atoms with Crippen molar-refractivity contribution in [3.8, 4) is 0 Å². The molecule has 0 spiro atoms. The third-order valence-corrected chi connectivity index (χ3v) is 4.31. The zero-order chi connectivity index (χ0) is 25.4. The third kappa shape index (κ3) is 14.3. The highest BCUT2D eigenvalue weighted by Crippen LogP contribution is 2.04. The number of amides is 3. The maximum Gasteiger partial charge on any atom is 0.322 e. The molecule has 3 amide bonds. The predicted molar refractivity (Wildman–Crippen MR) is 118 cm³/mol. The van der Waals surface area contributed by atoms with Crippen molar-refractivity contribution in [2.75, 3.05) is 19.6 Å². The van der Waals surface area contributed by atoms with Crippen LogP contribution in [-0.4, -0.2) is 83.6 Å². The van der Waals surface area contributed by atoms with Crippen molar-refractivity contribution in [1.29, 1.82) is 0 Å². The largest absolute Gasteiger partial charge is 0.481 e. The van der Waals surface area contributed by atoms with Crippen molar-refractivity contribution in [1.82, 2.24) is 16.0 Å². The Labute approximate surface area is 190 Å². The van der Waals surface area contributed by atoms with E-state index in [4.69, 9.17) is 33.1 Å². The molecule has 0 aliphatic rings. The Hall–Kier alpha value is -3.46. The molecule has 0 heterocycles. The Balaban J connectivity index is 5.27.